The summed E-state index contributed by atoms with van der Waals surface area (Å²) in [5, 5.41) is -0.0318. The first kappa shape index (κ1) is 21.6. The molecule has 0 saturated carbocycles. The molecule has 8 heteroatoms. The maximum Gasteiger partial charge on any atom is 0.269 e. The second kappa shape index (κ2) is 7.12. The molecule has 1 fully saturated rings. The van der Waals surface area contributed by atoms with Crippen LogP contribution in [-0.2, 0) is 14.5 Å². The normalized spacial score (nSPS) is 25.6. The van der Waals surface area contributed by atoms with E-state index < -0.39 is 16.2 Å². The molecule has 5 nitrogen and oxygen atoms in total. The van der Waals surface area contributed by atoms with E-state index in [1.54, 1.807) is 6.07 Å². The number of amides is 2. The molecule has 0 bridgehead atoms. The minimum Gasteiger partial charge on any atom is -0.494 e. The molecule has 2 amide bonds. The summed E-state index contributed by atoms with van der Waals surface area (Å²) in [6, 6.07) is 8.12. The van der Waals surface area contributed by atoms with E-state index in [2.05, 4.69) is 20.8 Å². The summed E-state index contributed by atoms with van der Waals surface area (Å²) in [6.07, 6.45) is 0.783. The minimum absolute atomic E-state index is 0.0318. The van der Waals surface area contributed by atoms with Crippen LogP contribution < -0.4 is 14.5 Å². The maximum absolute atomic E-state index is 14.4. The molecule has 32 heavy (non-hydrogen) atoms. The van der Waals surface area contributed by atoms with E-state index >= 15 is 0 Å². The Kier molecular flexibility index (Phi) is 4.81. The average Bonchev–Trinajstić information content (AvgIpc) is 3.19. The van der Waals surface area contributed by atoms with Gasteiger partial charge < -0.3 is 9.64 Å². The summed E-state index contributed by atoms with van der Waals surface area (Å²) in [7, 11) is 0. The first-order valence-corrected chi connectivity index (χ1v) is 12.1. The van der Waals surface area contributed by atoms with E-state index in [9.17, 15) is 14.0 Å². The van der Waals surface area contributed by atoms with Crippen LogP contribution in [0.3, 0.4) is 0 Å². The molecule has 0 radical (unpaired) electrons. The van der Waals surface area contributed by atoms with Crippen LogP contribution in [0, 0.1) is 5.82 Å². The lowest BCUT2D eigenvalue weighted by Gasteiger charge is -2.44. The Hall–Kier alpha value is -2.25. The quantitative estimate of drug-likeness (QED) is 0.594. The SMILES string of the molecule is CCOc1cc2c3c(c1)[C@@]1(SCC(=O)N1c1ccc(Cl)c(F)c1)C(=O)N3C(C)(C)C[C@H]2C. The summed E-state index contributed by atoms with van der Waals surface area (Å²) < 4.78 is 20.2. The molecular formula is C24H24ClFN2O3S. The standard InChI is InChI=1S/C24H24ClFN2O3S/c1-5-31-15-9-16-13(2)11-23(3,4)28-21(16)17(10-15)24(22(28)30)27(20(29)12-32-24)14-6-7-18(25)19(26)8-14/h6-10,13H,5,11-12H2,1-4H3/t13-,24-/m1/s1. The number of carbonyl (C=O) groups excluding carboxylic acids is 2. The number of hydrogen-bond donors (Lipinski definition) is 0. The van der Waals surface area contributed by atoms with E-state index in [-0.39, 0.29) is 28.5 Å². The van der Waals surface area contributed by atoms with Gasteiger partial charge in [-0.3, -0.25) is 14.5 Å². The van der Waals surface area contributed by atoms with Gasteiger partial charge in [0.2, 0.25) is 10.8 Å². The fraction of sp³-hybridized carbons (Fsp3) is 0.417. The van der Waals surface area contributed by atoms with Crippen molar-refractivity contribution in [2.24, 2.45) is 0 Å². The van der Waals surface area contributed by atoms with Gasteiger partial charge in [0.05, 0.1) is 23.1 Å². The third-order valence-corrected chi connectivity index (χ3v) is 8.27. The summed E-state index contributed by atoms with van der Waals surface area (Å²) in [6.45, 7) is 8.66. The number of rotatable bonds is 3. The van der Waals surface area contributed by atoms with Gasteiger partial charge in [0, 0.05) is 16.8 Å². The van der Waals surface area contributed by atoms with Gasteiger partial charge in [-0.05, 0) is 69.0 Å². The number of anilines is 2. The van der Waals surface area contributed by atoms with Crippen LogP contribution in [0.25, 0.3) is 0 Å². The van der Waals surface area contributed by atoms with Gasteiger partial charge in [-0.15, -0.1) is 11.8 Å². The van der Waals surface area contributed by atoms with Gasteiger partial charge in [0.1, 0.15) is 11.6 Å². The zero-order valence-corrected chi connectivity index (χ0v) is 19.9. The molecule has 3 heterocycles. The highest BCUT2D eigenvalue weighted by Gasteiger charge is 2.64. The van der Waals surface area contributed by atoms with Crippen molar-refractivity contribution >= 4 is 46.6 Å². The zero-order valence-electron chi connectivity index (χ0n) is 18.4. The van der Waals surface area contributed by atoms with Gasteiger partial charge in [-0.2, -0.15) is 0 Å². The highest BCUT2D eigenvalue weighted by Crippen LogP contribution is 2.62. The van der Waals surface area contributed by atoms with E-state index in [0.717, 1.165) is 23.2 Å². The first-order chi connectivity index (χ1) is 15.1. The highest BCUT2D eigenvalue weighted by molar-refractivity contribution is 8.02. The average molecular weight is 475 g/mol. The maximum atomic E-state index is 14.4. The number of nitrogens with zero attached hydrogens (tertiary/aromatic N) is 2. The van der Waals surface area contributed by atoms with E-state index in [4.69, 9.17) is 16.3 Å². The Labute approximate surface area is 195 Å². The van der Waals surface area contributed by atoms with Crippen molar-refractivity contribution in [2.75, 3.05) is 22.2 Å². The summed E-state index contributed by atoms with van der Waals surface area (Å²) in [5.74, 6) is -0.0516. The Morgan fingerprint density at radius 2 is 1.97 bits per heavy atom. The van der Waals surface area contributed by atoms with E-state index in [1.807, 2.05) is 24.0 Å². The van der Waals surface area contributed by atoms with Crippen LogP contribution in [0.15, 0.2) is 30.3 Å². The molecule has 2 atom stereocenters. The van der Waals surface area contributed by atoms with Crippen LogP contribution in [0.2, 0.25) is 5.02 Å². The Morgan fingerprint density at radius 1 is 1.22 bits per heavy atom. The Morgan fingerprint density at radius 3 is 2.66 bits per heavy atom. The summed E-state index contributed by atoms with van der Waals surface area (Å²) in [5.41, 5.74) is 2.50. The number of benzene rings is 2. The highest BCUT2D eigenvalue weighted by atomic mass is 35.5. The fourth-order valence-electron chi connectivity index (χ4n) is 5.44. The fourth-order valence-corrected chi connectivity index (χ4v) is 6.88. The number of hydrogen-bond acceptors (Lipinski definition) is 4. The van der Waals surface area contributed by atoms with Crippen molar-refractivity contribution in [2.45, 2.75) is 50.4 Å². The summed E-state index contributed by atoms with van der Waals surface area (Å²) >= 11 is 7.18. The molecule has 1 saturated heterocycles. The lowest BCUT2D eigenvalue weighted by Crippen LogP contribution is -2.56. The predicted molar refractivity (Wildman–Crippen MR) is 125 cm³/mol. The molecule has 1 spiro atoms. The van der Waals surface area contributed by atoms with Crippen molar-refractivity contribution in [3.05, 3.63) is 52.3 Å². The smallest absolute Gasteiger partial charge is 0.269 e. The molecule has 2 aromatic rings. The molecule has 2 aromatic carbocycles. The molecule has 3 aliphatic heterocycles. The Balaban J connectivity index is 1.80. The van der Waals surface area contributed by atoms with Gasteiger partial charge in [0.15, 0.2) is 0 Å². The topological polar surface area (TPSA) is 49.9 Å². The van der Waals surface area contributed by atoms with Crippen molar-refractivity contribution in [3.63, 3.8) is 0 Å². The van der Waals surface area contributed by atoms with E-state index in [0.29, 0.717) is 18.0 Å². The van der Waals surface area contributed by atoms with Gasteiger partial charge >= 0.3 is 0 Å². The molecule has 168 valence electrons. The lowest BCUT2D eigenvalue weighted by molar-refractivity contribution is -0.124. The van der Waals surface area contributed by atoms with Crippen LogP contribution in [0.5, 0.6) is 5.75 Å². The van der Waals surface area contributed by atoms with Crippen LogP contribution >= 0.6 is 23.4 Å². The molecular weight excluding hydrogens is 451 g/mol. The second-order valence-corrected chi connectivity index (χ2v) is 10.7. The largest absolute Gasteiger partial charge is 0.494 e. The van der Waals surface area contributed by atoms with Crippen LogP contribution in [-0.4, -0.2) is 29.7 Å². The van der Waals surface area contributed by atoms with Crippen LogP contribution in [0.4, 0.5) is 15.8 Å². The first-order valence-electron chi connectivity index (χ1n) is 10.7. The molecule has 0 N–H and O–H groups in total. The van der Waals surface area contributed by atoms with Gasteiger partial charge in [0.25, 0.3) is 5.91 Å². The van der Waals surface area contributed by atoms with Crippen molar-refractivity contribution in [1.82, 2.24) is 0 Å². The predicted octanol–water partition coefficient (Wildman–Crippen LogP) is 5.44. The third kappa shape index (κ3) is 2.76. The summed E-state index contributed by atoms with van der Waals surface area (Å²) in [4.78, 5) is 29.4. The monoisotopic (exact) mass is 474 g/mol. The number of carbonyl (C=O) groups is 2. The number of thioether (sulfide) groups is 1. The zero-order chi connectivity index (χ0) is 23.0. The molecule has 0 aliphatic carbocycles. The second-order valence-electron chi connectivity index (χ2n) is 9.16. The number of halogens is 2. The molecule has 0 aromatic heterocycles. The van der Waals surface area contributed by atoms with Crippen LogP contribution in [0.1, 0.15) is 51.2 Å². The van der Waals surface area contributed by atoms with Crippen molar-refractivity contribution in [3.8, 4) is 5.75 Å². The molecule has 3 aliphatic rings. The minimum atomic E-state index is -1.31. The lowest BCUT2D eigenvalue weighted by atomic mass is 9.80. The molecule has 5 rings (SSSR count). The third-order valence-electron chi connectivity index (χ3n) is 6.58. The van der Waals surface area contributed by atoms with Gasteiger partial charge in [-0.25, -0.2) is 4.39 Å². The van der Waals surface area contributed by atoms with E-state index in [1.165, 1.54) is 28.8 Å². The van der Waals surface area contributed by atoms with Crippen molar-refractivity contribution in [1.29, 1.82) is 0 Å². The number of fused-ring (bicyclic) bond motifs is 1. The van der Waals surface area contributed by atoms with Crippen molar-refractivity contribution < 1.29 is 18.7 Å². The Bertz CT molecular complexity index is 1170. The van der Waals surface area contributed by atoms with Gasteiger partial charge in [-0.1, -0.05) is 18.5 Å². The molecule has 0 unspecified atom stereocenters. The number of ether oxygens (including phenoxy) is 1.